The zero-order valence-electron chi connectivity index (χ0n) is 39.7. The average Bonchev–Trinajstić information content (AvgIpc) is 3.65. The molecule has 62 heavy (non-hydrogen) atoms. The van der Waals surface area contributed by atoms with Crippen LogP contribution in [-0.4, -0.2) is 6.71 Å². The zero-order chi connectivity index (χ0) is 43.8. The molecule has 2 nitrogen and oxygen atoms in total. The normalized spacial score (nSPS) is 18.7. The number of para-hydroxylation sites is 1. The van der Waals surface area contributed by atoms with Gasteiger partial charge in [-0.25, -0.2) is 0 Å². The maximum absolute atomic E-state index is 2.73. The van der Waals surface area contributed by atoms with E-state index in [1.807, 2.05) is 11.3 Å². The van der Waals surface area contributed by atoms with Crippen LogP contribution < -0.4 is 26.2 Å². The van der Waals surface area contributed by atoms with Gasteiger partial charge in [0.1, 0.15) is 0 Å². The Balaban J connectivity index is 1.30. The van der Waals surface area contributed by atoms with E-state index in [2.05, 4.69) is 198 Å². The summed E-state index contributed by atoms with van der Waals surface area (Å²) in [6.45, 7) is 33.8. The molecule has 0 fully saturated rings. The summed E-state index contributed by atoms with van der Waals surface area (Å²) in [5, 5.41) is 2.75. The van der Waals surface area contributed by atoms with Crippen LogP contribution in [0.2, 0.25) is 0 Å². The summed E-state index contributed by atoms with van der Waals surface area (Å²) in [4.78, 5) is 5.36. The van der Waals surface area contributed by atoms with Gasteiger partial charge in [0.2, 0.25) is 0 Å². The lowest BCUT2D eigenvalue weighted by molar-refractivity contribution is 0.332. The van der Waals surface area contributed by atoms with Crippen molar-refractivity contribution in [2.75, 3.05) is 9.80 Å². The Morgan fingerprint density at radius 3 is 1.77 bits per heavy atom. The lowest BCUT2D eigenvalue weighted by Crippen LogP contribution is -2.61. The second-order valence-electron chi connectivity index (χ2n) is 23.4. The van der Waals surface area contributed by atoms with Crippen LogP contribution in [0.25, 0.3) is 20.2 Å². The first-order chi connectivity index (χ1) is 29.1. The maximum atomic E-state index is 2.73. The molecule has 0 atom stereocenters. The molecule has 314 valence electrons. The third-order valence-corrected chi connectivity index (χ3v) is 17.1. The van der Waals surface area contributed by atoms with Crippen molar-refractivity contribution in [3.63, 3.8) is 0 Å². The highest BCUT2D eigenvalue weighted by molar-refractivity contribution is 7.28. The number of fused-ring (bicyclic) bond motifs is 10. The number of hydrogen-bond donors (Lipinski definition) is 0. The molecule has 4 aliphatic rings. The van der Waals surface area contributed by atoms with E-state index in [-0.39, 0.29) is 33.8 Å². The van der Waals surface area contributed by atoms with E-state index in [9.17, 15) is 0 Å². The summed E-state index contributed by atoms with van der Waals surface area (Å²) in [6.07, 6.45) is 3.53. The van der Waals surface area contributed by atoms with Crippen molar-refractivity contribution in [2.45, 2.75) is 143 Å². The van der Waals surface area contributed by atoms with Crippen molar-refractivity contribution < 1.29 is 0 Å². The van der Waals surface area contributed by atoms with E-state index in [1.54, 1.807) is 0 Å². The summed E-state index contributed by atoms with van der Waals surface area (Å²) in [5.74, 6) is 0. The molecule has 0 unspecified atom stereocenters. The van der Waals surface area contributed by atoms with Crippen LogP contribution in [0.15, 0.2) is 91.0 Å². The Hall–Kier alpha value is -4.80. The van der Waals surface area contributed by atoms with Crippen LogP contribution >= 0.6 is 11.3 Å². The molecule has 2 aliphatic carbocycles. The molecule has 4 heteroatoms. The predicted octanol–water partition coefficient (Wildman–Crippen LogP) is 14.7. The van der Waals surface area contributed by atoms with E-state index in [4.69, 9.17) is 0 Å². The lowest BCUT2D eigenvalue weighted by atomic mass is 9.33. The fourth-order valence-corrected chi connectivity index (χ4v) is 13.9. The van der Waals surface area contributed by atoms with Crippen LogP contribution in [0.3, 0.4) is 0 Å². The summed E-state index contributed by atoms with van der Waals surface area (Å²) in [5.41, 5.74) is 23.9. The van der Waals surface area contributed by atoms with Crippen LogP contribution in [-0.2, 0) is 27.1 Å². The zero-order valence-corrected chi connectivity index (χ0v) is 40.5. The van der Waals surface area contributed by atoms with Gasteiger partial charge in [0.25, 0.3) is 6.71 Å². The van der Waals surface area contributed by atoms with Crippen molar-refractivity contribution in [3.8, 4) is 0 Å². The highest BCUT2D eigenvalue weighted by Crippen LogP contribution is 2.55. The van der Waals surface area contributed by atoms with Crippen molar-refractivity contribution in [1.29, 1.82) is 0 Å². The summed E-state index contributed by atoms with van der Waals surface area (Å²) >= 11 is 2.00. The Bertz CT molecular complexity index is 3090. The van der Waals surface area contributed by atoms with Gasteiger partial charge in [-0.2, -0.15) is 0 Å². The molecule has 0 N–H and O–H groups in total. The fourth-order valence-electron chi connectivity index (χ4n) is 12.7. The minimum absolute atomic E-state index is 0.0547. The van der Waals surface area contributed by atoms with Gasteiger partial charge in [-0.1, -0.05) is 119 Å². The lowest BCUT2D eigenvalue weighted by Gasteiger charge is -2.46. The van der Waals surface area contributed by atoms with E-state index in [0.29, 0.717) is 0 Å². The second-order valence-corrected chi connectivity index (χ2v) is 24.5. The molecule has 0 radical (unpaired) electrons. The second kappa shape index (κ2) is 12.7. The quantitative estimate of drug-likeness (QED) is 0.160. The number of benzene rings is 6. The van der Waals surface area contributed by atoms with E-state index in [0.717, 1.165) is 6.42 Å². The van der Waals surface area contributed by atoms with E-state index >= 15 is 0 Å². The van der Waals surface area contributed by atoms with Crippen LogP contribution in [0.4, 0.5) is 34.1 Å². The molecule has 3 heterocycles. The first kappa shape index (κ1) is 40.0. The molecule has 0 saturated heterocycles. The summed E-state index contributed by atoms with van der Waals surface area (Å²) < 4.78 is 2.78. The van der Waals surface area contributed by atoms with Gasteiger partial charge in [0, 0.05) is 48.9 Å². The monoisotopic (exact) mass is 830 g/mol. The van der Waals surface area contributed by atoms with Gasteiger partial charge < -0.3 is 9.80 Å². The van der Waals surface area contributed by atoms with Crippen molar-refractivity contribution in [1.82, 2.24) is 0 Å². The largest absolute Gasteiger partial charge is 0.311 e. The van der Waals surface area contributed by atoms with Crippen molar-refractivity contribution in [2.24, 2.45) is 0 Å². The highest BCUT2D eigenvalue weighted by atomic mass is 32.1. The molecule has 7 aromatic rings. The SMILES string of the molecule is Cc1cc2c3c(c1)N(c1ccccc1C)c1ccc4c(sc5ccc(C(C)(C)C)cc54)c1B3c1cc3c(cc1N2c1cc2c(cc1C)C(C)(C)CCC2(C)C)C(C)(C)CC3(C)C. The number of rotatable bonds is 2. The topological polar surface area (TPSA) is 6.48 Å². The van der Waals surface area contributed by atoms with Gasteiger partial charge in [0.05, 0.1) is 0 Å². The molecular weight excluding hydrogens is 768 g/mol. The Morgan fingerprint density at radius 1 is 0.516 bits per heavy atom. The number of hydrogen-bond acceptors (Lipinski definition) is 3. The molecule has 0 amide bonds. The van der Waals surface area contributed by atoms with Gasteiger partial charge >= 0.3 is 0 Å². The van der Waals surface area contributed by atoms with Gasteiger partial charge in [-0.05, 0) is 182 Å². The first-order valence-electron chi connectivity index (χ1n) is 23.2. The molecule has 0 saturated carbocycles. The number of aryl methyl sites for hydroxylation is 3. The van der Waals surface area contributed by atoms with Gasteiger partial charge in [-0.15, -0.1) is 11.3 Å². The minimum Gasteiger partial charge on any atom is -0.311 e. The molecule has 0 spiro atoms. The highest BCUT2D eigenvalue weighted by Gasteiger charge is 2.49. The molecular formula is C58H63BN2S. The van der Waals surface area contributed by atoms with Gasteiger partial charge in [0.15, 0.2) is 0 Å². The summed E-state index contributed by atoms with van der Waals surface area (Å²) in [6, 6.07) is 36.7. The molecule has 11 rings (SSSR count). The number of anilines is 6. The molecule has 0 bridgehead atoms. The molecule has 1 aromatic heterocycles. The number of nitrogens with zero attached hydrogens (tertiary/aromatic N) is 2. The first-order valence-corrected chi connectivity index (χ1v) is 24.0. The molecule has 6 aromatic carbocycles. The van der Waals surface area contributed by atoms with Crippen molar-refractivity contribution >= 4 is 88.7 Å². The smallest absolute Gasteiger partial charge is 0.254 e. The predicted molar refractivity (Wildman–Crippen MR) is 272 cm³/mol. The standard InChI is InChI=1S/C58H63BN2S/c1-33-25-48-51-49(26-33)61(46-30-41-39(27-35(46)3)55(7,8)23-24-56(41,9)10)47-31-42-40(57(11,12)32-58(42,13)14)29-43(47)59(51)52-45(60(48)44-18-16-15-17-34(44)2)21-20-37-38-28-36(54(4,5)6)19-22-50(38)62-53(37)52/h15-22,25-31H,23-24,32H2,1-14H3. The Morgan fingerprint density at radius 2 is 1.11 bits per heavy atom. The van der Waals surface area contributed by atoms with Gasteiger partial charge in [-0.3, -0.25) is 0 Å². The summed E-state index contributed by atoms with van der Waals surface area (Å²) in [7, 11) is 0. The third kappa shape index (κ3) is 5.53. The Labute approximate surface area is 375 Å². The van der Waals surface area contributed by atoms with Crippen molar-refractivity contribution in [3.05, 3.63) is 136 Å². The average molecular weight is 831 g/mol. The number of thiophene rings is 1. The van der Waals surface area contributed by atoms with E-state index < -0.39 is 0 Å². The molecule has 2 aliphatic heterocycles. The van der Waals surface area contributed by atoms with Crippen LogP contribution in [0, 0.1) is 20.8 Å². The van der Waals surface area contributed by atoms with E-state index in [1.165, 1.54) is 128 Å². The fraction of sp³-hybridized carbons (Fsp3) is 0.379. The Kier molecular flexibility index (Phi) is 8.19. The van der Waals surface area contributed by atoms with Crippen LogP contribution in [0.5, 0.6) is 0 Å². The van der Waals surface area contributed by atoms with Crippen LogP contribution in [0.1, 0.15) is 140 Å². The third-order valence-electron chi connectivity index (χ3n) is 15.9. The maximum Gasteiger partial charge on any atom is 0.254 e. The minimum atomic E-state index is 0.0547.